The molecule has 3 N–H and O–H groups in total. The minimum Gasteiger partial charge on any atom is -0.494 e. The normalized spacial score (nSPS) is 13.3. The summed E-state index contributed by atoms with van der Waals surface area (Å²) < 4.78 is 5.40. The number of aliphatic hydroxyl groups excluding tert-OH is 2. The summed E-state index contributed by atoms with van der Waals surface area (Å²) >= 11 is 0. The van der Waals surface area contributed by atoms with Crippen LogP contribution in [-0.2, 0) is 0 Å². The molecule has 0 saturated carbocycles. The number of hydrogen-bond acceptors (Lipinski definition) is 4. The van der Waals surface area contributed by atoms with Crippen molar-refractivity contribution in [3.05, 3.63) is 29.8 Å². The molecule has 1 unspecified atom stereocenters. The van der Waals surface area contributed by atoms with Gasteiger partial charge in [-0.1, -0.05) is 19.1 Å². The molecule has 0 heterocycles. The van der Waals surface area contributed by atoms with Crippen LogP contribution in [0.1, 0.15) is 38.8 Å². The van der Waals surface area contributed by atoms with Gasteiger partial charge in [-0.3, -0.25) is 0 Å². The van der Waals surface area contributed by atoms with Gasteiger partial charge in [0.25, 0.3) is 0 Å². The molecule has 0 radical (unpaired) electrons. The Morgan fingerprint density at radius 2 is 1.74 bits per heavy atom. The first kappa shape index (κ1) is 16.0. The molecule has 0 aromatic heterocycles. The lowest BCUT2D eigenvalue weighted by Crippen LogP contribution is -2.52. The highest BCUT2D eigenvalue weighted by atomic mass is 16.5. The van der Waals surface area contributed by atoms with Gasteiger partial charge in [0.15, 0.2) is 0 Å². The smallest absolute Gasteiger partial charge is 0.119 e. The summed E-state index contributed by atoms with van der Waals surface area (Å²) in [4.78, 5) is 0. The Kier molecular flexibility index (Phi) is 6.28. The summed E-state index contributed by atoms with van der Waals surface area (Å²) in [7, 11) is 0. The van der Waals surface area contributed by atoms with Crippen LogP contribution in [0.5, 0.6) is 5.75 Å². The van der Waals surface area contributed by atoms with Gasteiger partial charge in [-0.05, 0) is 38.0 Å². The number of benzene rings is 1. The van der Waals surface area contributed by atoms with Crippen LogP contribution in [0, 0.1) is 0 Å². The lowest BCUT2D eigenvalue weighted by atomic mass is 9.95. The van der Waals surface area contributed by atoms with Crippen molar-refractivity contribution in [2.24, 2.45) is 0 Å². The minimum atomic E-state index is -0.627. The number of aliphatic hydroxyl groups is 2. The molecular formula is C15H25NO3. The standard InChI is InChI=1S/C15H25NO3/c1-4-15(10-17,11-18)16-12(3)13-6-8-14(9-7-13)19-5-2/h6-9,12,16-18H,4-5,10-11H2,1-3H3. The molecule has 0 aliphatic rings. The highest BCUT2D eigenvalue weighted by Crippen LogP contribution is 2.21. The SMILES string of the molecule is CCOc1ccc(C(C)NC(CC)(CO)CO)cc1. The van der Waals surface area contributed by atoms with Crippen LogP contribution >= 0.6 is 0 Å². The van der Waals surface area contributed by atoms with Gasteiger partial charge in [0, 0.05) is 6.04 Å². The molecule has 0 fully saturated rings. The highest BCUT2D eigenvalue weighted by Gasteiger charge is 2.28. The summed E-state index contributed by atoms with van der Waals surface area (Å²) in [6.07, 6.45) is 0.668. The average molecular weight is 267 g/mol. The van der Waals surface area contributed by atoms with Crippen molar-refractivity contribution in [1.82, 2.24) is 5.32 Å². The van der Waals surface area contributed by atoms with Crippen molar-refractivity contribution in [2.45, 2.75) is 38.8 Å². The molecule has 1 rings (SSSR count). The van der Waals surface area contributed by atoms with Crippen LogP contribution in [0.25, 0.3) is 0 Å². The first-order valence-corrected chi connectivity index (χ1v) is 6.83. The third kappa shape index (κ3) is 4.20. The van der Waals surface area contributed by atoms with Gasteiger partial charge in [-0.2, -0.15) is 0 Å². The summed E-state index contributed by atoms with van der Waals surface area (Å²) in [5.41, 5.74) is 0.473. The van der Waals surface area contributed by atoms with E-state index in [1.807, 2.05) is 45.0 Å². The molecule has 0 saturated heterocycles. The van der Waals surface area contributed by atoms with E-state index in [4.69, 9.17) is 4.74 Å². The molecule has 0 amide bonds. The van der Waals surface area contributed by atoms with Gasteiger partial charge < -0.3 is 20.3 Å². The molecule has 4 nitrogen and oxygen atoms in total. The molecular weight excluding hydrogens is 242 g/mol. The predicted molar refractivity (Wildman–Crippen MR) is 76.4 cm³/mol. The van der Waals surface area contributed by atoms with Crippen LogP contribution in [-0.4, -0.2) is 35.6 Å². The Hall–Kier alpha value is -1.10. The van der Waals surface area contributed by atoms with Crippen LogP contribution in [0.3, 0.4) is 0 Å². The number of ether oxygens (including phenoxy) is 1. The fourth-order valence-electron chi connectivity index (χ4n) is 2.03. The van der Waals surface area contributed by atoms with Crippen molar-refractivity contribution >= 4 is 0 Å². The highest BCUT2D eigenvalue weighted by molar-refractivity contribution is 5.29. The Bertz CT molecular complexity index is 352. The maximum absolute atomic E-state index is 9.44. The van der Waals surface area contributed by atoms with Gasteiger partial charge >= 0.3 is 0 Å². The second kappa shape index (κ2) is 7.48. The van der Waals surface area contributed by atoms with Crippen molar-refractivity contribution in [2.75, 3.05) is 19.8 Å². The van der Waals surface area contributed by atoms with Crippen molar-refractivity contribution in [3.63, 3.8) is 0 Å². The summed E-state index contributed by atoms with van der Waals surface area (Å²) in [5, 5.41) is 22.2. The molecule has 0 bridgehead atoms. The Balaban J connectivity index is 2.74. The topological polar surface area (TPSA) is 61.7 Å². The van der Waals surface area contributed by atoms with E-state index in [2.05, 4.69) is 5.32 Å². The lowest BCUT2D eigenvalue weighted by Gasteiger charge is -2.33. The quantitative estimate of drug-likeness (QED) is 0.673. The third-order valence-corrected chi connectivity index (χ3v) is 3.50. The third-order valence-electron chi connectivity index (χ3n) is 3.50. The molecule has 108 valence electrons. The minimum absolute atomic E-state index is 0.0509. The summed E-state index contributed by atoms with van der Waals surface area (Å²) in [6, 6.07) is 7.91. The Labute approximate surface area is 115 Å². The summed E-state index contributed by atoms with van der Waals surface area (Å²) in [6.45, 7) is 6.41. The first-order chi connectivity index (χ1) is 9.10. The molecule has 1 aromatic carbocycles. The first-order valence-electron chi connectivity index (χ1n) is 6.83. The van der Waals surface area contributed by atoms with Crippen molar-refractivity contribution in [3.8, 4) is 5.75 Å². The predicted octanol–water partition coefficient (Wildman–Crippen LogP) is 1.87. The fraction of sp³-hybridized carbons (Fsp3) is 0.600. The van der Waals surface area contributed by atoms with Crippen molar-refractivity contribution < 1.29 is 14.9 Å². The van der Waals surface area contributed by atoms with E-state index in [0.29, 0.717) is 13.0 Å². The van der Waals surface area contributed by atoms with Gasteiger partial charge in [0.05, 0.1) is 25.4 Å². The molecule has 0 aliphatic carbocycles. The number of rotatable bonds is 8. The molecule has 1 atom stereocenters. The average Bonchev–Trinajstić information content (AvgIpc) is 2.46. The maximum Gasteiger partial charge on any atom is 0.119 e. The van der Waals surface area contributed by atoms with Crippen LogP contribution < -0.4 is 10.1 Å². The summed E-state index contributed by atoms with van der Waals surface area (Å²) in [5.74, 6) is 0.851. The van der Waals surface area contributed by atoms with Crippen LogP contribution in [0.15, 0.2) is 24.3 Å². The Morgan fingerprint density at radius 3 is 2.16 bits per heavy atom. The van der Waals surface area contributed by atoms with Crippen LogP contribution in [0.2, 0.25) is 0 Å². The van der Waals surface area contributed by atoms with E-state index in [9.17, 15) is 10.2 Å². The van der Waals surface area contributed by atoms with Gasteiger partial charge in [-0.25, -0.2) is 0 Å². The number of hydrogen-bond donors (Lipinski definition) is 3. The van der Waals surface area contributed by atoms with E-state index >= 15 is 0 Å². The van der Waals surface area contributed by atoms with Gasteiger partial charge in [0.1, 0.15) is 5.75 Å². The molecule has 0 spiro atoms. The largest absolute Gasteiger partial charge is 0.494 e. The zero-order chi connectivity index (χ0) is 14.3. The van der Waals surface area contributed by atoms with Gasteiger partial charge in [-0.15, -0.1) is 0 Å². The van der Waals surface area contributed by atoms with E-state index in [-0.39, 0.29) is 19.3 Å². The van der Waals surface area contributed by atoms with E-state index in [1.54, 1.807) is 0 Å². The molecule has 4 heteroatoms. The van der Waals surface area contributed by atoms with E-state index in [1.165, 1.54) is 0 Å². The molecule has 1 aromatic rings. The zero-order valence-electron chi connectivity index (χ0n) is 12.0. The Morgan fingerprint density at radius 1 is 1.16 bits per heavy atom. The van der Waals surface area contributed by atoms with Gasteiger partial charge in [0.2, 0.25) is 0 Å². The second-order valence-corrected chi connectivity index (χ2v) is 4.82. The van der Waals surface area contributed by atoms with Crippen LogP contribution in [0.4, 0.5) is 0 Å². The number of nitrogens with one attached hydrogen (secondary N) is 1. The second-order valence-electron chi connectivity index (χ2n) is 4.82. The fourth-order valence-corrected chi connectivity index (χ4v) is 2.03. The zero-order valence-corrected chi connectivity index (χ0v) is 12.0. The van der Waals surface area contributed by atoms with E-state index in [0.717, 1.165) is 11.3 Å². The molecule has 19 heavy (non-hydrogen) atoms. The van der Waals surface area contributed by atoms with Crippen molar-refractivity contribution in [1.29, 1.82) is 0 Å². The lowest BCUT2D eigenvalue weighted by molar-refractivity contribution is 0.0793. The monoisotopic (exact) mass is 267 g/mol. The van der Waals surface area contributed by atoms with E-state index < -0.39 is 5.54 Å². The maximum atomic E-state index is 9.44. The molecule has 0 aliphatic heterocycles.